The number of carbonyl (C=O) groups is 1. The van der Waals surface area contributed by atoms with Crippen molar-refractivity contribution in [2.75, 3.05) is 45.0 Å². The SMILES string of the molecule is COc1cncc(NC(=O)Nc2cc(Cl)ccc2OCCN(C)C)n1. The zero-order chi connectivity index (χ0) is 18.2. The van der Waals surface area contributed by atoms with E-state index in [9.17, 15) is 4.79 Å². The van der Waals surface area contributed by atoms with E-state index in [0.717, 1.165) is 6.54 Å². The summed E-state index contributed by atoms with van der Waals surface area (Å²) < 4.78 is 10.7. The molecule has 1 heterocycles. The van der Waals surface area contributed by atoms with E-state index in [1.807, 2.05) is 19.0 Å². The van der Waals surface area contributed by atoms with Crippen molar-refractivity contribution in [3.05, 3.63) is 35.6 Å². The van der Waals surface area contributed by atoms with Gasteiger partial charge in [-0.1, -0.05) is 11.6 Å². The number of hydrogen-bond donors (Lipinski definition) is 2. The van der Waals surface area contributed by atoms with Gasteiger partial charge in [0.1, 0.15) is 12.4 Å². The normalized spacial score (nSPS) is 10.4. The fraction of sp³-hybridized carbons (Fsp3) is 0.312. The number of amides is 2. The number of methoxy groups -OCH3 is 1. The quantitative estimate of drug-likeness (QED) is 0.784. The van der Waals surface area contributed by atoms with Crippen LogP contribution >= 0.6 is 11.6 Å². The van der Waals surface area contributed by atoms with Gasteiger partial charge in [0.15, 0.2) is 5.82 Å². The largest absolute Gasteiger partial charge is 0.490 e. The van der Waals surface area contributed by atoms with E-state index in [-0.39, 0.29) is 5.82 Å². The minimum absolute atomic E-state index is 0.258. The molecule has 0 aliphatic heterocycles. The van der Waals surface area contributed by atoms with Crippen molar-refractivity contribution in [3.63, 3.8) is 0 Å². The van der Waals surface area contributed by atoms with E-state index in [2.05, 4.69) is 20.6 Å². The topological polar surface area (TPSA) is 88.6 Å². The number of benzene rings is 1. The third-order valence-corrected chi connectivity index (χ3v) is 3.28. The molecule has 0 unspecified atom stereocenters. The van der Waals surface area contributed by atoms with Crippen molar-refractivity contribution < 1.29 is 14.3 Å². The Morgan fingerprint density at radius 2 is 2.08 bits per heavy atom. The Bertz CT molecular complexity index is 727. The molecule has 0 aliphatic carbocycles. The molecule has 2 rings (SSSR count). The number of anilines is 2. The monoisotopic (exact) mass is 365 g/mol. The van der Waals surface area contributed by atoms with Gasteiger partial charge in [-0.25, -0.2) is 4.79 Å². The van der Waals surface area contributed by atoms with Crippen molar-refractivity contribution >= 4 is 29.1 Å². The first kappa shape index (κ1) is 18.8. The Kier molecular flexibility index (Phi) is 6.79. The van der Waals surface area contributed by atoms with Gasteiger partial charge in [-0.15, -0.1) is 0 Å². The number of ether oxygens (including phenoxy) is 2. The smallest absolute Gasteiger partial charge is 0.325 e. The van der Waals surface area contributed by atoms with E-state index < -0.39 is 6.03 Å². The van der Waals surface area contributed by atoms with Crippen LogP contribution in [0.25, 0.3) is 0 Å². The number of likely N-dealkylation sites (N-methyl/N-ethyl adjacent to an activating group) is 1. The van der Waals surface area contributed by atoms with Gasteiger partial charge in [0, 0.05) is 11.6 Å². The van der Waals surface area contributed by atoms with E-state index in [1.54, 1.807) is 18.2 Å². The summed E-state index contributed by atoms with van der Waals surface area (Å²) in [4.78, 5) is 22.2. The lowest BCUT2D eigenvalue weighted by molar-refractivity contribution is 0.258. The van der Waals surface area contributed by atoms with Crippen LogP contribution in [0.2, 0.25) is 5.02 Å². The summed E-state index contributed by atoms with van der Waals surface area (Å²) in [5.74, 6) is 1.08. The average Bonchev–Trinajstić information content (AvgIpc) is 2.56. The number of nitrogens with zero attached hydrogens (tertiary/aromatic N) is 3. The second kappa shape index (κ2) is 9.05. The lowest BCUT2D eigenvalue weighted by Gasteiger charge is -2.15. The first-order valence-corrected chi connectivity index (χ1v) is 7.87. The molecule has 0 saturated heterocycles. The average molecular weight is 366 g/mol. The molecule has 2 N–H and O–H groups in total. The van der Waals surface area contributed by atoms with Crippen LogP contribution < -0.4 is 20.1 Å². The van der Waals surface area contributed by atoms with Crippen molar-refractivity contribution in [1.29, 1.82) is 0 Å². The van der Waals surface area contributed by atoms with Gasteiger partial charge >= 0.3 is 6.03 Å². The van der Waals surface area contributed by atoms with Crippen molar-refractivity contribution in [2.24, 2.45) is 0 Å². The molecule has 25 heavy (non-hydrogen) atoms. The molecule has 8 nitrogen and oxygen atoms in total. The third kappa shape index (κ3) is 6.09. The number of halogens is 1. The number of carbonyl (C=O) groups excluding carboxylic acids is 1. The number of hydrogen-bond acceptors (Lipinski definition) is 6. The van der Waals surface area contributed by atoms with E-state index in [0.29, 0.717) is 28.9 Å². The van der Waals surface area contributed by atoms with Crippen LogP contribution in [-0.4, -0.2) is 55.3 Å². The Balaban J connectivity index is 2.04. The molecule has 1 aromatic carbocycles. The van der Waals surface area contributed by atoms with Gasteiger partial charge in [0.25, 0.3) is 0 Å². The van der Waals surface area contributed by atoms with E-state index >= 15 is 0 Å². The summed E-state index contributed by atoms with van der Waals surface area (Å²) in [6.07, 6.45) is 2.85. The molecule has 0 fully saturated rings. The highest BCUT2D eigenvalue weighted by Gasteiger charge is 2.10. The zero-order valence-corrected chi connectivity index (χ0v) is 15.0. The minimum Gasteiger partial charge on any atom is -0.490 e. The minimum atomic E-state index is -0.498. The summed E-state index contributed by atoms with van der Waals surface area (Å²) in [5, 5.41) is 5.75. The summed E-state index contributed by atoms with van der Waals surface area (Å²) in [5.41, 5.74) is 0.458. The predicted molar refractivity (Wildman–Crippen MR) is 96.7 cm³/mol. The van der Waals surface area contributed by atoms with Crippen LogP contribution in [-0.2, 0) is 0 Å². The lowest BCUT2D eigenvalue weighted by Crippen LogP contribution is -2.22. The van der Waals surface area contributed by atoms with Gasteiger partial charge in [-0.3, -0.25) is 10.3 Å². The number of nitrogens with one attached hydrogen (secondary N) is 2. The van der Waals surface area contributed by atoms with Crippen LogP contribution in [0.4, 0.5) is 16.3 Å². The van der Waals surface area contributed by atoms with Crippen LogP contribution in [0.1, 0.15) is 0 Å². The summed E-state index contributed by atoms with van der Waals surface area (Å²) in [7, 11) is 5.37. The Hall–Kier alpha value is -2.58. The van der Waals surface area contributed by atoms with Crippen LogP contribution in [0, 0.1) is 0 Å². The van der Waals surface area contributed by atoms with Gasteiger partial charge in [-0.05, 0) is 32.3 Å². The summed E-state index contributed by atoms with van der Waals surface area (Å²) in [6.45, 7) is 1.22. The van der Waals surface area contributed by atoms with Crippen molar-refractivity contribution in [3.8, 4) is 11.6 Å². The Morgan fingerprint density at radius 3 is 2.80 bits per heavy atom. The second-order valence-electron chi connectivity index (χ2n) is 5.32. The van der Waals surface area contributed by atoms with Crippen LogP contribution in [0.3, 0.4) is 0 Å². The molecule has 0 saturated carbocycles. The standard InChI is InChI=1S/C16H20ClN5O3/c1-22(2)6-7-25-13-5-4-11(17)8-12(13)19-16(23)21-14-9-18-10-15(20-14)24-3/h4-5,8-10H,6-7H2,1-3H3,(H2,19,20,21,23). The van der Waals surface area contributed by atoms with Crippen LogP contribution in [0.5, 0.6) is 11.6 Å². The van der Waals surface area contributed by atoms with Crippen molar-refractivity contribution in [2.45, 2.75) is 0 Å². The highest BCUT2D eigenvalue weighted by molar-refractivity contribution is 6.31. The number of rotatable bonds is 7. The van der Waals surface area contributed by atoms with Crippen molar-refractivity contribution in [1.82, 2.24) is 14.9 Å². The van der Waals surface area contributed by atoms with Gasteiger partial charge < -0.3 is 19.7 Å². The first-order chi connectivity index (χ1) is 12.0. The van der Waals surface area contributed by atoms with Gasteiger partial charge in [0.2, 0.25) is 5.88 Å². The lowest BCUT2D eigenvalue weighted by atomic mass is 10.3. The van der Waals surface area contributed by atoms with Crippen LogP contribution in [0.15, 0.2) is 30.6 Å². The molecule has 0 atom stereocenters. The van der Waals surface area contributed by atoms with E-state index in [4.69, 9.17) is 21.1 Å². The maximum absolute atomic E-state index is 12.2. The molecule has 134 valence electrons. The zero-order valence-electron chi connectivity index (χ0n) is 14.2. The number of aromatic nitrogens is 2. The van der Waals surface area contributed by atoms with Gasteiger partial charge in [-0.2, -0.15) is 4.98 Å². The molecular weight excluding hydrogens is 346 g/mol. The molecule has 0 spiro atoms. The highest BCUT2D eigenvalue weighted by atomic mass is 35.5. The Morgan fingerprint density at radius 1 is 1.28 bits per heavy atom. The molecular formula is C16H20ClN5O3. The second-order valence-corrected chi connectivity index (χ2v) is 5.75. The molecule has 2 aromatic rings. The summed E-state index contributed by atoms with van der Waals surface area (Å²) in [6, 6.07) is 4.52. The molecule has 0 bridgehead atoms. The molecule has 0 radical (unpaired) electrons. The molecule has 1 aromatic heterocycles. The first-order valence-electron chi connectivity index (χ1n) is 7.49. The maximum atomic E-state index is 12.2. The molecule has 2 amide bonds. The number of urea groups is 1. The van der Waals surface area contributed by atoms with Gasteiger partial charge in [0.05, 0.1) is 25.2 Å². The fourth-order valence-electron chi connectivity index (χ4n) is 1.84. The summed E-state index contributed by atoms with van der Waals surface area (Å²) >= 11 is 6.01. The highest BCUT2D eigenvalue weighted by Crippen LogP contribution is 2.28. The Labute approximate surface area is 151 Å². The molecule has 0 aliphatic rings. The fourth-order valence-corrected chi connectivity index (χ4v) is 2.01. The van der Waals surface area contributed by atoms with E-state index in [1.165, 1.54) is 19.5 Å². The predicted octanol–water partition coefficient (Wildman–Crippen LogP) is 2.72. The third-order valence-electron chi connectivity index (χ3n) is 3.05. The molecule has 9 heteroatoms. The maximum Gasteiger partial charge on any atom is 0.325 e.